The molecule has 8 heteroatoms. The molecule has 3 N–H and O–H groups in total. The number of methoxy groups -OCH3 is 1. The highest BCUT2D eigenvalue weighted by molar-refractivity contribution is 5.95. The van der Waals surface area contributed by atoms with Crippen LogP contribution in [0.5, 0.6) is 0 Å². The summed E-state index contributed by atoms with van der Waals surface area (Å²) in [7, 11) is 1.51. The van der Waals surface area contributed by atoms with Crippen LogP contribution in [-0.2, 0) is 14.3 Å². The van der Waals surface area contributed by atoms with Gasteiger partial charge >= 0.3 is 12.0 Å². The van der Waals surface area contributed by atoms with Crippen LogP contribution in [0.4, 0.5) is 4.79 Å². The Morgan fingerprint density at radius 2 is 2.05 bits per heavy atom. The van der Waals surface area contributed by atoms with Gasteiger partial charge in [-0.05, 0) is 19.4 Å². The van der Waals surface area contributed by atoms with Gasteiger partial charge in [-0.25, -0.2) is 4.79 Å². The number of carbonyl (C=O) groups is 3. The second kappa shape index (κ2) is 9.30. The fourth-order valence-electron chi connectivity index (χ4n) is 2.30. The Bertz CT molecular complexity index is 375. The predicted molar refractivity (Wildman–Crippen MR) is 74.9 cm³/mol. The zero-order valence-electron chi connectivity index (χ0n) is 12.3. The summed E-state index contributed by atoms with van der Waals surface area (Å²) in [6.07, 6.45) is 3.19. The molecule has 0 radical (unpaired) electrons. The molecule has 1 rings (SSSR count). The standard InChI is InChI=1S/C13H23N3O5/c1-21-8-6-14-13(20)15-11(17)9-16-7-4-2-3-5-10(16)12(18)19/h10H,2-9H2,1H3,(H,18,19)(H2,14,15,17,20). The SMILES string of the molecule is COCCNC(=O)NC(=O)CN1CCCCCC1C(=O)O. The summed E-state index contributed by atoms with van der Waals surface area (Å²) in [6.45, 7) is 1.12. The Hall–Kier alpha value is -1.67. The van der Waals surface area contributed by atoms with Gasteiger partial charge < -0.3 is 15.2 Å². The maximum atomic E-state index is 11.8. The van der Waals surface area contributed by atoms with E-state index in [1.54, 1.807) is 4.90 Å². The number of rotatable bonds is 6. The molecule has 1 fully saturated rings. The molecule has 3 amide bonds. The number of aliphatic carboxylic acids is 1. The Morgan fingerprint density at radius 1 is 1.29 bits per heavy atom. The van der Waals surface area contributed by atoms with E-state index in [0.717, 1.165) is 19.3 Å². The van der Waals surface area contributed by atoms with Gasteiger partial charge in [0, 0.05) is 13.7 Å². The molecule has 120 valence electrons. The lowest BCUT2D eigenvalue weighted by atomic mass is 10.1. The monoisotopic (exact) mass is 301 g/mol. The van der Waals surface area contributed by atoms with Crippen LogP contribution >= 0.6 is 0 Å². The lowest BCUT2D eigenvalue weighted by Gasteiger charge is -2.25. The number of nitrogens with one attached hydrogen (secondary N) is 2. The molecule has 0 saturated carbocycles. The van der Waals surface area contributed by atoms with E-state index in [9.17, 15) is 19.5 Å². The molecule has 0 aliphatic carbocycles. The first-order chi connectivity index (χ1) is 10.0. The number of nitrogens with zero attached hydrogens (tertiary/aromatic N) is 1. The Balaban J connectivity index is 2.43. The molecule has 1 saturated heterocycles. The second-order valence-corrected chi connectivity index (χ2v) is 4.97. The van der Waals surface area contributed by atoms with E-state index in [1.807, 2.05) is 0 Å². The van der Waals surface area contributed by atoms with Crippen molar-refractivity contribution in [2.45, 2.75) is 31.7 Å². The number of amides is 3. The Morgan fingerprint density at radius 3 is 2.71 bits per heavy atom. The highest BCUT2D eigenvalue weighted by Crippen LogP contribution is 2.16. The fraction of sp³-hybridized carbons (Fsp3) is 0.769. The summed E-state index contributed by atoms with van der Waals surface area (Å²) in [5.41, 5.74) is 0. The predicted octanol–water partition coefficient (Wildman–Crippen LogP) is -0.212. The van der Waals surface area contributed by atoms with E-state index >= 15 is 0 Å². The molecule has 1 heterocycles. The molecule has 1 aliphatic rings. The topological polar surface area (TPSA) is 108 Å². The van der Waals surface area contributed by atoms with Crippen molar-refractivity contribution in [1.29, 1.82) is 0 Å². The third kappa shape index (κ3) is 6.54. The molecule has 0 spiro atoms. The van der Waals surface area contributed by atoms with Gasteiger partial charge in [0.15, 0.2) is 0 Å². The first kappa shape index (κ1) is 17.4. The number of urea groups is 1. The minimum absolute atomic E-state index is 0.0886. The van der Waals surface area contributed by atoms with E-state index in [4.69, 9.17) is 4.74 Å². The van der Waals surface area contributed by atoms with Crippen molar-refractivity contribution >= 4 is 17.9 Å². The summed E-state index contributed by atoms with van der Waals surface area (Å²) < 4.78 is 4.77. The number of imide groups is 1. The van der Waals surface area contributed by atoms with Crippen LogP contribution in [0.15, 0.2) is 0 Å². The van der Waals surface area contributed by atoms with Crippen LogP contribution in [0.3, 0.4) is 0 Å². The van der Waals surface area contributed by atoms with Gasteiger partial charge in [-0.15, -0.1) is 0 Å². The molecule has 0 aromatic heterocycles. The smallest absolute Gasteiger partial charge is 0.321 e. The summed E-state index contributed by atoms with van der Waals surface area (Å²) >= 11 is 0. The van der Waals surface area contributed by atoms with Crippen molar-refractivity contribution in [2.75, 3.05) is 33.4 Å². The number of hydrogen-bond acceptors (Lipinski definition) is 5. The molecule has 1 atom stereocenters. The summed E-state index contributed by atoms with van der Waals surface area (Å²) in [5.74, 6) is -1.42. The van der Waals surface area contributed by atoms with Crippen LogP contribution < -0.4 is 10.6 Å². The van der Waals surface area contributed by atoms with Crippen LogP contribution in [-0.4, -0.2) is 67.3 Å². The molecular formula is C13H23N3O5. The van der Waals surface area contributed by atoms with Crippen molar-refractivity contribution < 1.29 is 24.2 Å². The summed E-state index contributed by atoms with van der Waals surface area (Å²) in [4.78, 5) is 36.1. The van der Waals surface area contributed by atoms with Crippen molar-refractivity contribution in [3.05, 3.63) is 0 Å². The van der Waals surface area contributed by atoms with Crippen LogP contribution in [0, 0.1) is 0 Å². The zero-order valence-corrected chi connectivity index (χ0v) is 12.3. The molecule has 0 aromatic carbocycles. The maximum Gasteiger partial charge on any atom is 0.321 e. The average Bonchev–Trinajstić information content (AvgIpc) is 2.64. The highest BCUT2D eigenvalue weighted by atomic mass is 16.5. The van der Waals surface area contributed by atoms with Crippen molar-refractivity contribution in [2.24, 2.45) is 0 Å². The molecule has 8 nitrogen and oxygen atoms in total. The maximum absolute atomic E-state index is 11.8. The normalized spacial score (nSPS) is 19.6. The molecule has 1 unspecified atom stereocenters. The summed E-state index contributed by atoms with van der Waals surface area (Å²) in [6, 6.07) is -1.26. The number of carboxylic acids is 1. The lowest BCUT2D eigenvalue weighted by Crippen LogP contribution is -2.49. The summed E-state index contributed by atoms with van der Waals surface area (Å²) in [5, 5.41) is 13.9. The van der Waals surface area contributed by atoms with E-state index < -0.39 is 23.9 Å². The number of hydrogen-bond donors (Lipinski definition) is 3. The van der Waals surface area contributed by atoms with Crippen molar-refractivity contribution in [3.63, 3.8) is 0 Å². The highest BCUT2D eigenvalue weighted by Gasteiger charge is 2.28. The minimum atomic E-state index is -0.922. The molecular weight excluding hydrogens is 278 g/mol. The van der Waals surface area contributed by atoms with Crippen LogP contribution in [0.2, 0.25) is 0 Å². The van der Waals surface area contributed by atoms with Gasteiger partial charge in [-0.3, -0.25) is 19.8 Å². The average molecular weight is 301 g/mol. The Kier molecular flexibility index (Phi) is 7.70. The second-order valence-electron chi connectivity index (χ2n) is 4.97. The van der Waals surface area contributed by atoms with Gasteiger partial charge in [-0.2, -0.15) is 0 Å². The largest absolute Gasteiger partial charge is 0.480 e. The first-order valence-corrected chi connectivity index (χ1v) is 7.08. The fourth-order valence-corrected chi connectivity index (χ4v) is 2.30. The minimum Gasteiger partial charge on any atom is -0.480 e. The quantitative estimate of drug-likeness (QED) is 0.586. The molecule has 1 aliphatic heterocycles. The van der Waals surface area contributed by atoms with E-state index in [1.165, 1.54) is 7.11 Å². The third-order valence-corrected chi connectivity index (χ3v) is 3.34. The molecule has 0 bridgehead atoms. The van der Waals surface area contributed by atoms with Crippen molar-refractivity contribution in [1.82, 2.24) is 15.5 Å². The van der Waals surface area contributed by atoms with Crippen molar-refractivity contribution in [3.8, 4) is 0 Å². The van der Waals surface area contributed by atoms with Crippen LogP contribution in [0.25, 0.3) is 0 Å². The number of likely N-dealkylation sites (tertiary alicyclic amines) is 1. The van der Waals surface area contributed by atoms with Crippen LogP contribution in [0.1, 0.15) is 25.7 Å². The van der Waals surface area contributed by atoms with Gasteiger partial charge in [0.25, 0.3) is 0 Å². The Labute approximate surface area is 123 Å². The van der Waals surface area contributed by atoms with E-state index in [0.29, 0.717) is 26.1 Å². The van der Waals surface area contributed by atoms with E-state index in [2.05, 4.69) is 10.6 Å². The number of carbonyl (C=O) groups excluding carboxylic acids is 2. The van der Waals surface area contributed by atoms with Gasteiger partial charge in [0.2, 0.25) is 5.91 Å². The lowest BCUT2D eigenvalue weighted by molar-refractivity contribution is -0.143. The van der Waals surface area contributed by atoms with Gasteiger partial charge in [0.05, 0.1) is 13.2 Å². The zero-order chi connectivity index (χ0) is 15.7. The third-order valence-electron chi connectivity index (χ3n) is 3.34. The number of carboxylic acid groups (broad SMARTS) is 1. The van der Waals surface area contributed by atoms with Gasteiger partial charge in [-0.1, -0.05) is 12.8 Å². The van der Waals surface area contributed by atoms with E-state index in [-0.39, 0.29) is 6.54 Å². The number of ether oxygens (including phenoxy) is 1. The van der Waals surface area contributed by atoms with Gasteiger partial charge in [0.1, 0.15) is 6.04 Å². The molecule has 0 aromatic rings. The molecule has 21 heavy (non-hydrogen) atoms. The first-order valence-electron chi connectivity index (χ1n) is 7.08.